The van der Waals surface area contributed by atoms with Crippen LogP contribution in [0.15, 0.2) is 48.8 Å². The van der Waals surface area contributed by atoms with E-state index in [1.165, 1.54) is 26.0 Å². The zero-order valence-corrected chi connectivity index (χ0v) is 18.9. The third-order valence-electron chi connectivity index (χ3n) is 5.07. The molecule has 0 fully saturated rings. The highest BCUT2D eigenvalue weighted by Gasteiger charge is 2.16. The number of H-pyrrole nitrogens is 1. The summed E-state index contributed by atoms with van der Waals surface area (Å²) in [4.78, 5) is 16.3. The van der Waals surface area contributed by atoms with E-state index >= 15 is 0 Å². The Morgan fingerprint density at radius 1 is 1.33 bits per heavy atom. The number of pyridine rings is 1. The molecule has 0 atom stereocenters. The number of hydrogen-bond acceptors (Lipinski definition) is 4. The van der Waals surface area contributed by atoms with Gasteiger partial charge in [0.05, 0.1) is 11.9 Å². The monoisotopic (exact) mass is 454 g/mol. The van der Waals surface area contributed by atoms with Crippen molar-refractivity contribution in [3.05, 3.63) is 71.3 Å². The summed E-state index contributed by atoms with van der Waals surface area (Å²) >= 11 is 0. The third-order valence-corrected chi connectivity index (χ3v) is 5.07. The van der Waals surface area contributed by atoms with E-state index in [-0.39, 0.29) is 18.7 Å². The number of benzene rings is 1. The number of carbonyl (C=O) groups excluding carboxylic acids is 1. The van der Waals surface area contributed by atoms with Gasteiger partial charge in [-0.05, 0) is 69.0 Å². The van der Waals surface area contributed by atoms with Crippen molar-refractivity contribution in [1.82, 2.24) is 20.5 Å². The molecule has 9 heteroatoms. The molecule has 2 aromatic heterocycles. The lowest BCUT2D eigenvalue weighted by Gasteiger charge is -2.15. The van der Waals surface area contributed by atoms with Crippen LogP contribution < -0.4 is 16.4 Å². The average molecular weight is 455 g/mol. The number of nitrogens with zero attached hydrogens (tertiary/aromatic N) is 2. The first kappa shape index (κ1) is 23.9. The maximum atomic E-state index is 14.4. The van der Waals surface area contributed by atoms with E-state index in [0.717, 1.165) is 16.6 Å². The highest BCUT2D eigenvalue weighted by molar-refractivity contribution is 5.90. The van der Waals surface area contributed by atoms with Gasteiger partial charge >= 0.3 is 6.03 Å². The molecule has 0 unspecified atom stereocenters. The summed E-state index contributed by atoms with van der Waals surface area (Å²) in [6.07, 6.45) is 9.76. The van der Waals surface area contributed by atoms with Crippen molar-refractivity contribution >= 4 is 28.4 Å². The van der Waals surface area contributed by atoms with E-state index in [9.17, 15) is 13.6 Å². The normalized spacial score (nSPS) is 12.5. The molecule has 33 heavy (non-hydrogen) atoms. The summed E-state index contributed by atoms with van der Waals surface area (Å²) in [6, 6.07) is 4.11. The largest absolute Gasteiger partial charge is 0.398 e. The Hall–Kier alpha value is -3.75. The molecule has 0 saturated heterocycles. The molecule has 2 amide bonds. The lowest BCUT2D eigenvalue weighted by atomic mass is 10.0. The molecule has 0 aliphatic carbocycles. The number of alkyl halides is 1. The minimum atomic E-state index is -1.40. The number of halogens is 2. The van der Waals surface area contributed by atoms with Crippen molar-refractivity contribution in [3.63, 3.8) is 0 Å². The standard InChI is InChI=1S/C24H28F2N6O/c1-15-12-19(25)21(31-23(33)29-11-9-24(2,3)26)13-17(15)20(27)7-5-4-6-16-8-10-28-22-18(16)14-30-32-22/h4-5,7-8,10,12-14H,6,9,11,27H2,1-3H3,(H,28,30,32)(H2,29,31,33)/b5-4-,20-7-. The molecule has 3 aromatic rings. The Kier molecular flexibility index (Phi) is 7.42. The number of rotatable bonds is 8. The first-order valence-corrected chi connectivity index (χ1v) is 10.6. The molecular weight excluding hydrogens is 426 g/mol. The number of urea groups is 1. The number of aromatic nitrogens is 3. The fourth-order valence-corrected chi connectivity index (χ4v) is 3.26. The van der Waals surface area contributed by atoms with E-state index in [4.69, 9.17) is 5.73 Å². The number of anilines is 1. The van der Waals surface area contributed by atoms with Crippen LogP contribution in [-0.2, 0) is 6.42 Å². The zero-order chi connectivity index (χ0) is 24.0. The number of aromatic amines is 1. The molecule has 0 bridgehead atoms. The Bertz CT molecular complexity index is 1190. The Labute approximate surface area is 191 Å². The summed E-state index contributed by atoms with van der Waals surface area (Å²) in [5, 5.41) is 12.8. The molecule has 3 rings (SSSR count). The number of allylic oxidation sites excluding steroid dienone is 3. The molecule has 2 heterocycles. The number of aryl methyl sites for hydroxylation is 1. The van der Waals surface area contributed by atoms with Crippen LogP contribution in [-0.4, -0.2) is 33.4 Å². The first-order valence-electron chi connectivity index (χ1n) is 10.6. The van der Waals surface area contributed by atoms with Crippen molar-refractivity contribution in [1.29, 1.82) is 0 Å². The van der Waals surface area contributed by atoms with Crippen molar-refractivity contribution in [2.24, 2.45) is 5.73 Å². The molecule has 0 saturated carbocycles. The lowest BCUT2D eigenvalue weighted by molar-refractivity contribution is 0.200. The van der Waals surface area contributed by atoms with Crippen LogP contribution in [0.25, 0.3) is 16.7 Å². The first-order chi connectivity index (χ1) is 15.6. The van der Waals surface area contributed by atoms with E-state index in [2.05, 4.69) is 25.8 Å². The van der Waals surface area contributed by atoms with Crippen LogP contribution in [0.5, 0.6) is 0 Å². The van der Waals surface area contributed by atoms with Crippen LogP contribution in [0.3, 0.4) is 0 Å². The van der Waals surface area contributed by atoms with Crippen molar-refractivity contribution in [2.45, 2.75) is 39.3 Å². The summed E-state index contributed by atoms with van der Waals surface area (Å²) in [5.41, 5.74) is 8.28. The van der Waals surface area contributed by atoms with Gasteiger partial charge < -0.3 is 16.4 Å². The number of amides is 2. The van der Waals surface area contributed by atoms with Gasteiger partial charge in [0, 0.05) is 29.4 Å². The van der Waals surface area contributed by atoms with Crippen molar-refractivity contribution in [3.8, 4) is 0 Å². The molecule has 0 aliphatic heterocycles. The van der Waals surface area contributed by atoms with Crippen LogP contribution in [0.1, 0.15) is 37.0 Å². The second-order valence-corrected chi connectivity index (χ2v) is 8.35. The highest BCUT2D eigenvalue weighted by atomic mass is 19.1. The second-order valence-electron chi connectivity index (χ2n) is 8.35. The van der Waals surface area contributed by atoms with Crippen molar-refractivity contribution < 1.29 is 13.6 Å². The van der Waals surface area contributed by atoms with E-state index in [1.54, 1.807) is 25.4 Å². The van der Waals surface area contributed by atoms with Crippen LogP contribution >= 0.6 is 0 Å². The van der Waals surface area contributed by atoms with E-state index in [0.29, 0.717) is 23.2 Å². The fraction of sp³-hybridized carbons (Fsp3) is 0.292. The van der Waals surface area contributed by atoms with Gasteiger partial charge in [-0.15, -0.1) is 0 Å². The van der Waals surface area contributed by atoms with Gasteiger partial charge in [0.2, 0.25) is 0 Å². The minimum absolute atomic E-state index is 0.00734. The van der Waals surface area contributed by atoms with Gasteiger partial charge in [0.25, 0.3) is 0 Å². The van der Waals surface area contributed by atoms with Crippen molar-refractivity contribution in [2.75, 3.05) is 11.9 Å². The number of nitrogens with one attached hydrogen (secondary N) is 3. The van der Waals surface area contributed by atoms with Crippen LogP contribution in [0.2, 0.25) is 0 Å². The predicted octanol–water partition coefficient (Wildman–Crippen LogP) is 4.76. The van der Waals surface area contributed by atoms with E-state index < -0.39 is 17.5 Å². The number of hydrogen-bond donors (Lipinski definition) is 4. The van der Waals surface area contributed by atoms with Gasteiger partial charge in [-0.1, -0.05) is 12.2 Å². The molecule has 7 nitrogen and oxygen atoms in total. The fourth-order valence-electron chi connectivity index (χ4n) is 3.26. The lowest BCUT2D eigenvalue weighted by Crippen LogP contribution is -2.32. The molecule has 0 spiro atoms. The molecule has 0 radical (unpaired) electrons. The van der Waals surface area contributed by atoms with Gasteiger partial charge in [-0.25, -0.2) is 18.6 Å². The quantitative estimate of drug-likeness (QED) is 0.368. The van der Waals surface area contributed by atoms with Crippen LogP contribution in [0, 0.1) is 12.7 Å². The molecular formula is C24H28F2N6O. The number of carbonyl (C=O) groups is 1. The average Bonchev–Trinajstić information content (AvgIpc) is 3.21. The minimum Gasteiger partial charge on any atom is -0.398 e. The zero-order valence-electron chi connectivity index (χ0n) is 18.9. The SMILES string of the molecule is Cc1cc(F)c(NC(=O)NCCC(C)(C)F)cc1/C(N)=C/C=C\Cc1ccnc2[nH]ncc12. The molecule has 174 valence electrons. The maximum absolute atomic E-state index is 14.4. The number of nitrogens with two attached hydrogens (primary N) is 1. The predicted molar refractivity (Wildman–Crippen MR) is 127 cm³/mol. The summed E-state index contributed by atoms with van der Waals surface area (Å²) in [6.45, 7) is 4.72. The summed E-state index contributed by atoms with van der Waals surface area (Å²) in [7, 11) is 0. The van der Waals surface area contributed by atoms with Gasteiger partial charge in [0.15, 0.2) is 5.65 Å². The smallest absolute Gasteiger partial charge is 0.319 e. The van der Waals surface area contributed by atoms with Gasteiger partial charge in [-0.3, -0.25) is 5.10 Å². The Morgan fingerprint density at radius 3 is 2.88 bits per heavy atom. The Balaban J connectivity index is 1.67. The van der Waals surface area contributed by atoms with E-state index in [1.807, 2.05) is 18.2 Å². The topological polar surface area (TPSA) is 109 Å². The highest BCUT2D eigenvalue weighted by Crippen LogP contribution is 2.24. The van der Waals surface area contributed by atoms with Crippen LogP contribution in [0.4, 0.5) is 19.3 Å². The van der Waals surface area contributed by atoms with Gasteiger partial charge in [-0.2, -0.15) is 5.10 Å². The molecule has 0 aliphatic rings. The summed E-state index contributed by atoms with van der Waals surface area (Å²) in [5.74, 6) is -0.581. The maximum Gasteiger partial charge on any atom is 0.319 e. The number of fused-ring (bicyclic) bond motifs is 1. The summed E-state index contributed by atoms with van der Waals surface area (Å²) < 4.78 is 27.9. The Morgan fingerprint density at radius 2 is 2.12 bits per heavy atom. The third kappa shape index (κ3) is 6.61. The van der Waals surface area contributed by atoms with Gasteiger partial charge in [0.1, 0.15) is 11.5 Å². The molecule has 1 aromatic carbocycles. The second kappa shape index (κ2) is 10.2. The molecule has 5 N–H and O–H groups in total.